The molecule has 19 heavy (non-hydrogen) atoms. The molecule has 0 spiro atoms. The van der Waals surface area contributed by atoms with Crippen molar-refractivity contribution in [3.05, 3.63) is 29.3 Å². The SMILES string of the molecule is O=C1N=Cc2c(SCCCCCCCBr)cccc21. The summed E-state index contributed by atoms with van der Waals surface area (Å²) in [6, 6.07) is 5.89. The van der Waals surface area contributed by atoms with E-state index < -0.39 is 0 Å². The fourth-order valence-electron chi connectivity index (χ4n) is 2.09. The first kappa shape index (κ1) is 14.8. The lowest BCUT2D eigenvalue weighted by atomic mass is 10.1. The van der Waals surface area contributed by atoms with E-state index in [0.717, 1.165) is 22.2 Å². The highest BCUT2D eigenvalue weighted by molar-refractivity contribution is 9.09. The van der Waals surface area contributed by atoms with Crippen molar-refractivity contribution in [2.75, 3.05) is 11.1 Å². The molecule has 0 N–H and O–H groups in total. The summed E-state index contributed by atoms with van der Waals surface area (Å²) in [6.45, 7) is 0. The Morgan fingerprint density at radius 3 is 2.74 bits per heavy atom. The maximum atomic E-state index is 11.5. The predicted octanol–water partition coefficient (Wildman–Crippen LogP) is 4.70. The lowest BCUT2D eigenvalue weighted by Gasteiger charge is -2.05. The van der Waals surface area contributed by atoms with Gasteiger partial charge in [0.2, 0.25) is 0 Å². The van der Waals surface area contributed by atoms with Crippen LogP contribution in [0.15, 0.2) is 28.1 Å². The summed E-state index contributed by atoms with van der Waals surface area (Å²) >= 11 is 5.29. The van der Waals surface area contributed by atoms with E-state index in [1.54, 1.807) is 6.21 Å². The van der Waals surface area contributed by atoms with E-state index in [1.807, 2.05) is 23.9 Å². The van der Waals surface area contributed by atoms with Crippen LogP contribution in [0.4, 0.5) is 0 Å². The number of rotatable bonds is 8. The molecule has 0 aliphatic carbocycles. The molecule has 0 saturated heterocycles. The van der Waals surface area contributed by atoms with Crippen LogP contribution in [0.5, 0.6) is 0 Å². The minimum absolute atomic E-state index is 0.104. The molecule has 102 valence electrons. The molecule has 0 radical (unpaired) electrons. The molecule has 0 fully saturated rings. The first-order valence-corrected chi connectivity index (χ1v) is 8.84. The van der Waals surface area contributed by atoms with Gasteiger partial charge in [0.25, 0.3) is 5.91 Å². The Kier molecular flexibility index (Phi) is 6.11. The Morgan fingerprint density at radius 1 is 1.11 bits per heavy atom. The molecule has 0 aromatic heterocycles. The Morgan fingerprint density at radius 2 is 1.89 bits per heavy atom. The average Bonchev–Trinajstić information content (AvgIpc) is 2.81. The molecule has 0 unspecified atom stereocenters. The van der Waals surface area contributed by atoms with Crippen LogP contribution in [0, 0.1) is 0 Å². The van der Waals surface area contributed by atoms with Crippen LogP contribution in [-0.4, -0.2) is 23.2 Å². The third kappa shape index (κ3) is 4.18. The maximum absolute atomic E-state index is 11.5. The second-order valence-electron chi connectivity index (χ2n) is 4.59. The molecule has 1 heterocycles. The molecule has 1 amide bonds. The number of nitrogens with zero attached hydrogens (tertiary/aromatic N) is 1. The molecule has 1 aliphatic heterocycles. The molecule has 2 rings (SSSR count). The summed E-state index contributed by atoms with van der Waals surface area (Å²) in [5, 5.41) is 1.12. The third-order valence-corrected chi connectivity index (χ3v) is 4.86. The third-order valence-electron chi connectivity index (χ3n) is 3.14. The summed E-state index contributed by atoms with van der Waals surface area (Å²) < 4.78 is 0. The molecule has 2 nitrogen and oxygen atoms in total. The van der Waals surface area contributed by atoms with Crippen LogP contribution < -0.4 is 0 Å². The van der Waals surface area contributed by atoms with Crippen molar-refractivity contribution in [1.29, 1.82) is 0 Å². The molecule has 1 aromatic carbocycles. The second-order valence-corrected chi connectivity index (χ2v) is 6.52. The number of halogens is 1. The first-order valence-electron chi connectivity index (χ1n) is 6.73. The van der Waals surface area contributed by atoms with Crippen molar-refractivity contribution in [2.45, 2.75) is 37.0 Å². The Balaban J connectivity index is 1.75. The number of hydrogen-bond donors (Lipinski definition) is 0. The number of unbranched alkanes of at least 4 members (excludes halogenated alkanes) is 4. The van der Waals surface area contributed by atoms with Gasteiger partial charge in [0.15, 0.2) is 0 Å². The van der Waals surface area contributed by atoms with Crippen LogP contribution in [0.1, 0.15) is 48.0 Å². The van der Waals surface area contributed by atoms with Crippen molar-refractivity contribution in [2.24, 2.45) is 4.99 Å². The van der Waals surface area contributed by atoms with Crippen LogP contribution in [0.3, 0.4) is 0 Å². The highest BCUT2D eigenvalue weighted by atomic mass is 79.9. The van der Waals surface area contributed by atoms with Crippen molar-refractivity contribution in [3.63, 3.8) is 0 Å². The van der Waals surface area contributed by atoms with E-state index >= 15 is 0 Å². The second kappa shape index (κ2) is 7.85. The van der Waals surface area contributed by atoms with Crippen LogP contribution in [-0.2, 0) is 0 Å². The smallest absolute Gasteiger partial charge is 0.267 e. The molecule has 0 bridgehead atoms. The van der Waals surface area contributed by atoms with Crippen LogP contribution >= 0.6 is 27.7 Å². The number of fused-ring (bicyclic) bond motifs is 1. The number of amides is 1. The van der Waals surface area contributed by atoms with E-state index in [1.165, 1.54) is 37.0 Å². The van der Waals surface area contributed by atoms with Gasteiger partial charge < -0.3 is 0 Å². The van der Waals surface area contributed by atoms with Gasteiger partial charge in [-0.3, -0.25) is 4.79 Å². The monoisotopic (exact) mass is 339 g/mol. The van der Waals surface area contributed by atoms with E-state index in [-0.39, 0.29) is 5.91 Å². The maximum Gasteiger partial charge on any atom is 0.277 e. The van der Waals surface area contributed by atoms with Gasteiger partial charge in [0.05, 0.1) is 5.56 Å². The highest BCUT2D eigenvalue weighted by Crippen LogP contribution is 2.28. The van der Waals surface area contributed by atoms with Gasteiger partial charge in [-0.25, -0.2) is 4.99 Å². The van der Waals surface area contributed by atoms with Gasteiger partial charge in [-0.05, 0) is 30.7 Å². The van der Waals surface area contributed by atoms with Crippen molar-refractivity contribution in [3.8, 4) is 0 Å². The number of hydrogen-bond acceptors (Lipinski definition) is 2. The number of alkyl halides is 1. The number of carbonyl (C=O) groups excluding carboxylic acids is 1. The van der Waals surface area contributed by atoms with Crippen molar-refractivity contribution in [1.82, 2.24) is 0 Å². The topological polar surface area (TPSA) is 29.4 Å². The highest BCUT2D eigenvalue weighted by Gasteiger charge is 2.17. The molecule has 0 saturated carbocycles. The number of carbonyl (C=O) groups is 1. The summed E-state index contributed by atoms with van der Waals surface area (Å²) in [7, 11) is 0. The van der Waals surface area contributed by atoms with Gasteiger partial charge in [-0.2, -0.15) is 0 Å². The summed E-state index contributed by atoms with van der Waals surface area (Å²) in [5.41, 5.74) is 1.76. The van der Waals surface area contributed by atoms with Crippen LogP contribution in [0.2, 0.25) is 0 Å². The van der Waals surface area contributed by atoms with E-state index in [9.17, 15) is 4.79 Å². The number of aliphatic imine (C=N–C) groups is 1. The van der Waals surface area contributed by atoms with Crippen molar-refractivity contribution < 1.29 is 4.79 Å². The normalized spacial score (nSPS) is 13.0. The Labute approximate surface area is 127 Å². The molecule has 1 aliphatic rings. The largest absolute Gasteiger partial charge is 0.277 e. The van der Waals surface area contributed by atoms with Crippen LogP contribution in [0.25, 0.3) is 0 Å². The zero-order valence-corrected chi connectivity index (χ0v) is 13.3. The fourth-order valence-corrected chi connectivity index (χ4v) is 3.55. The number of benzene rings is 1. The molecule has 4 heteroatoms. The van der Waals surface area contributed by atoms with Gasteiger partial charge in [-0.1, -0.05) is 41.3 Å². The molecule has 1 aromatic rings. The summed E-state index contributed by atoms with van der Waals surface area (Å²) in [4.78, 5) is 16.5. The van der Waals surface area contributed by atoms with Gasteiger partial charge in [-0.15, -0.1) is 11.8 Å². The standard InChI is InChI=1S/C15H18BrNOS/c16-9-4-2-1-3-5-10-19-14-8-6-7-12-13(14)11-17-15(12)18/h6-8,11H,1-5,9-10H2. The van der Waals surface area contributed by atoms with Gasteiger partial charge in [0.1, 0.15) is 0 Å². The zero-order valence-electron chi connectivity index (χ0n) is 10.9. The molecular weight excluding hydrogens is 322 g/mol. The minimum atomic E-state index is -0.104. The van der Waals surface area contributed by atoms with E-state index in [2.05, 4.69) is 27.0 Å². The molecule has 0 atom stereocenters. The summed E-state index contributed by atoms with van der Waals surface area (Å²) in [6.07, 6.45) is 8.15. The summed E-state index contributed by atoms with van der Waals surface area (Å²) in [5.74, 6) is 1.01. The predicted molar refractivity (Wildman–Crippen MR) is 86.0 cm³/mol. The van der Waals surface area contributed by atoms with Crippen molar-refractivity contribution >= 4 is 39.8 Å². The lowest BCUT2D eigenvalue weighted by molar-refractivity contribution is 0.101. The van der Waals surface area contributed by atoms with Gasteiger partial charge in [0, 0.05) is 22.0 Å². The Hall–Kier alpha value is -0.610. The Bertz CT molecular complexity index is 473. The van der Waals surface area contributed by atoms with E-state index in [0.29, 0.717) is 0 Å². The first-order chi connectivity index (χ1) is 9.33. The minimum Gasteiger partial charge on any atom is -0.267 e. The zero-order chi connectivity index (χ0) is 13.5. The lowest BCUT2D eigenvalue weighted by Crippen LogP contribution is -1.93. The molecular formula is C15H18BrNOS. The fraction of sp³-hybridized carbons (Fsp3) is 0.467. The van der Waals surface area contributed by atoms with E-state index in [4.69, 9.17) is 0 Å². The average molecular weight is 340 g/mol. The van der Waals surface area contributed by atoms with Gasteiger partial charge >= 0.3 is 0 Å². The quantitative estimate of drug-likeness (QED) is 0.390. The number of thioether (sulfide) groups is 1.